The highest BCUT2D eigenvalue weighted by atomic mass is 35.5. The predicted molar refractivity (Wildman–Crippen MR) is 33.2 cm³/mol. The van der Waals surface area contributed by atoms with Crippen LogP contribution in [0.5, 0.6) is 0 Å². The average Bonchev–Trinajstić information content (AvgIpc) is 2.34. The summed E-state index contributed by atoms with van der Waals surface area (Å²) in [4.78, 5) is 10.8. The van der Waals surface area contributed by atoms with E-state index in [1.54, 1.807) is 5.32 Å². The summed E-state index contributed by atoms with van der Waals surface area (Å²) in [6, 6.07) is -0.181. The van der Waals surface area contributed by atoms with Crippen molar-refractivity contribution in [3.8, 4) is 0 Å². The smallest absolute Gasteiger partial charge is 0.364 e. The lowest BCUT2D eigenvalue weighted by Crippen LogP contribution is -3.00. The molecular weight excluding hydrogens is 170 g/mol. The Bertz CT molecular complexity index is 142. The normalized spacial score (nSPS) is 29.3. The van der Waals surface area contributed by atoms with E-state index < -0.39 is 0 Å². The van der Waals surface area contributed by atoms with Crippen molar-refractivity contribution in [1.82, 2.24) is 0 Å². The lowest BCUT2D eigenvalue weighted by atomic mass is 10.2. The SMILES string of the molecule is COC(=O)[C@@H]1CC(O)C[NH2+]1.[Cl-]. The Morgan fingerprint density at radius 2 is 2.36 bits per heavy atom. The third-order valence-corrected chi connectivity index (χ3v) is 1.72. The molecule has 1 aliphatic heterocycles. The molecule has 0 aromatic rings. The second-order valence-corrected chi connectivity index (χ2v) is 2.49. The molecule has 1 fully saturated rings. The van der Waals surface area contributed by atoms with Crippen LogP contribution in [0.4, 0.5) is 0 Å². The monoisotopic (exact) mass is 181 g/mol. The van der Waals surface area contributed by atoms with Crippen LogP contribution in [0.1, 0.15) is 6.42 Å². The van der Waals surface area contributed by atoms with Crippen LogP contribution in [0.15, 0.2) is 0 Å². The highest BCUT2D eigenvalue weighted by Gasteiger charge is 2.32. The third kappa shape index (κ3) is 2.65. The van der Waals surface area contributed by atoms with E-state index in [1.807, 2.05) is 0 Å². The van der Waals surface area contributed by atoms with E-state index in [2.05, 4.69) is 4.74 Å². The Labute approximate surface area is 71.3 Å². The van der Waals surface area contributed by atoms with Gasteiger partial charge in [-0.05, 0) is 0 Å². The molecule has 1 aliphatic rings. The minimum Gasteiger partial charge on any atom is -1.00 e. The fraction of sp³-hybridized carbons (Fsp3) is 0.833. The molecule has 1 rings (SSSR count). The minimum atomic E-state index is -0.343. The summed E-state index contributed by atoms with van der Waals surface area (Å²) in [5, 5.41) is 10.8. The van der Waals surface area contributed by atoms with E-state index in [4.69, 9.17) is 5.11 Å². The first-order valence-corrected chi connectivity index (χ1v) is 3.33. The van der Waals surface area contributed by atoms with Crippen molar-refractivity contribution in [2.45, 2.75) is 18.6 Å². The number of halogens is 1. The van der Waals surface area contributed by atoms with E-state index in [0.29, 0.717) is 13.0 Å². The summed E-state index contributed by atoms with van der Waals surface area (Å²) in [6.45, 7) is 0.611. The molecule has 4 nitrogen and oxygen atoms in total. The van der Waals surface area contributed by atoms with Gasteiger partial charge in [-0.15, -0.1) is 0 Å². The number of carbonyl (C=O) groups is 1. The molecule has 5 heteroatoms. The molecule has 0 radical (unpaired) electrons. The molecule has 1 heterocycles. The van der Waals surface area contributed by atoms with Gasteiger partial charge >= 0.3 is 5.97 Å². The zero-order valence-corrected chi connectivity index (χ0v) is 7.04. The Kier molecular flexibility index (Phi) is 4.40. The van der Waals surface area contributed by atoms with Crippen LogP contribution in [0.3, 0.4) is 0 Å². The summed E-state index contributed by atoms with van der Waals surface area (Å²) in [5.74, 6) is -0.239. The van der Waals surface area contributed by atoms with E-state index in [0.717, 1.165) is 0 Å². The summed E-state index contributed by atoms with van der Waals surface area (Å²) < 4.78 is 4.50. The number of esters is 1. The fourth-order valence-electron chi connectivity index (χ4n) is 1.15. The lowest BCUT2D eigenvalue weighted by molar-refractivity contribution is -0.661. The van der Waals surface area contributed by atoms with Gasteiger partial charge in [0.1, 0.15) is 12.6 Å². The highest BCUT2D eigenvalue weighted by molar-refractivity contribution is 5.74. The Morgan fingerprint density at radius 3 is 2.73 bits per heavy atom. The van der Waals surface area contributed by atoms with Gasteiger partial charge in [-0.2, -0.15) is 0 Å². The first-order valence-electron chi connectivity index (χ1n) is 3.33. The van der Waals surface area contributed by atoms with Crippen LogP contribution in [-0.4, -0.2) is 36.9 Å². The number of aliphatic hydroxyl groups excluding tert-OH is 1. The van der Waals surface area contributed by atoms with Crippen LogP contribution >= 0.6 is 0 Å². The number of quaternary nitrogens is 1. The molecule has 66 valence electrons. The summed E-state index contributed by atoms with van der Waals surface area (Å²) in [5.41, 5.74) is 0. The maximum Gasteiger partial charge on any atom is 0.364 e. The van der Waals surface area contributed by atoms with Crippen LogP contribution < -0.4 is 17.7 Å². The van der Waals surface area contributed by atoms with Crippen molar-refractivity contribution in [3.63, 3.8) is 0 Å². The number of hydrogen-bond acceptors (Lipinski definition) is 3. The van der Waals surface area contributed by atoms with E-state index in [9.17, 15) is 4.79 Å². The van der Waals surface area contributed by atoms with Crippen molar-refractivity contribution in [2.75, 3.05) is 13.7 Å². The molecule has 1 unspecified atom stereocenters. The zero-order valence-electron chi connectivity index (χ0n) is 6.29. The van der Waals surface area contributed by atoms with E-state index in [1.165, 1.54) is 7.11 Å². The summed E-state index contributed by atoms with van der Waals surface area (Å²) in [6.07, 6.45) is 0.177. The van der Waals surface area contributed by atoms with Crippen molar-refractivity contribution in [3.05, 3.63) is 0 Å². The minimum absolute atomic E-state index is 0. The predicted octanol–water partition coefficient (Wildman–Crippen LogP) is -5.14. The molecule has 3 N–H and O–H groups in total. The topological polar surface area (TPSA) is 63.1 Å². The molecule has 11 heavy (non-hydrogen) atoms. The van der Waals surface area contributed by atoms with Crippen molar-refractivity contribution < 1.29 is 32.4 Å². The number of ether oxygens (including phenoxy) is 1. The van der Waals surface area contributed by atoms with E-state index >= 15 is 0 Å². The van der Waals surface area contributed by atoms with Gasteiger partial charge in [-0.25, -0.2) is 4.79 Å². The maximum absolute atomic E-state index is 10.8. The van der Waals surface area contributed by atoms with Crippen LogP contribution in [0.2, 0.25) is 0 Å². The van der Waals surface area contributed by atoms with Gasteiger partial charge in [-0.1, -0.05) is 0 Å². The van der Waals surface area contributed by atoms with Gasteiger partial charge in [-0.3, -0.25) is 0 Å². The fourth-order valence-corrected chi connectivity index (χ4v) is 1.15. The van der Waals surface area contributed by atoms with Gasteiger partial charge in [0.2, 0.25) is 0 Å². The van der Waals surface area contributed by atoms with Gasteiger partial charge in [0.25, 0.3) is 0 Å². The number of methoxy groups -OCH3 is 1. The van der Waals surface area contributed by atoms with Gasteiger partial charge < -0.3 is 27.6 Å². The average molecular weight is 182 g/mol. The molecule has 0 aliphatic carbocycles. The number of nitrogens with two attached hydrogens (primary N) is 1. The van der Waals surface area contributed by atoms with Gasteiger partial charge in [0, 0.05) is 6.42 Å². The largest absolute Gasteiger partial charge is 1.00 e. The Hall–Kier alpha value is -0.320. The molecule has 0 bridgehead atoms. The standard InChI is InChI=1S/C6H11NO3.ClH/c1-10-6(9)5-2-4(8)3-7-5;/h4-5,7-8H,2-3H2,1H3;1H/t4?,5-;/m0./s1. The summed E-state index contributed by atoms with van der Waals surface area (Å²) in [7, 11) is 1.36. The van der Waals surface area contributed by atoms with Crippen LogP contribution in [0, 0.1) is 0 Å². The molecule has 0 saturated carbocycles. The first-order chi connectivity index (χ1) is 4.74. The van der Waals surface area contributed by atoms with Crippen molar-refractivity contribution in [2.24, 2.45) is 0 Å². The quantitative estimate of drug-likeness (QED) is 0.398. The summed E-state index contributed by atoms with van der Waals surface area (Å²) >= 11 is 0. The van der Waals surface area contributed by atoms with E-state index in [-0.39, 0.29) is 30.5 Å². The molecule has 2 atom stereocenters. The molecule has 0 aromatic carbocycles. The molecule has 0 spiro atoms. The Balaban J connectivity index is 0.000001000. The number of hydrogen-bond donors (Lipinski definition) is 2. The number of carbonyl (C=O) groups excluding carboxylic acids is 1. The van der Waals surface area contributed by atoms with Gasteiger partial charge in [0.15, 0.2) is 6.04 Å². The van der Waals surface area contributed by atoms with Crippen LogP contribution in [0.25, 0.3) is 0 Å². The molecule has 0 amide bonds. The lowest BCUT2D eigenvalue weighted by Gasteiger charge is -2.01. The van der Waals surface area contributed by atoms with Crippen LogP contribution in [-0.2, 0) is 9.53 Å². The molecular formula is C6H12ClNO3. The second-order valence-electron chi connectivity index (χ2n) is 2.49. The Morgan fingerprint density at radius 1 is 1.73 bits per heavy atom. The second kappa shape index (κ2) is 4.54. The molecule has 1 saturated heterocycles. The van der Waals surface area contributed by atoms with Crippen molar-refractivity contribution in [1.29, 1.82) is 0 Å². The zero-order chi connectivity index (χ0) is 7.56. The van der Waals surface area contributed by atoms with Gasteiger partial charge in [0.05, 0.1) is 7.11 Å². The maximum atomic E-state index is 10.8. The number of rotatable bonds is 1. The third-order valence-electron chi connectivity index (χ3n) is 1.72. The highest BCUT2D eigenvalue weighted by Crippen LogP contribution is 1.99. The molecule has 0 aromatic heterocycles. The number of aliphatic hydroxyl groups is 1. The first kappa shape index (κ1) is 10.7. The van der Waals surface area contributed by atoms with Crippen molar-refractivity contribution >= 4 is 5.97 Å².